The van der Waals surface area contributed by atoms with Crippen molar-refractivity contribution < 1.29 is 9.53 Å². The third kappa shape index (κ3) is 4.14. The van der Waals surface area contributed by atoms with Gasteiger partial charge in [-0.3, -0.25) is 0 Å². The number of carbonyl (C=O) groups is 1. The number of hydrogen-bond acceptors (Lipinski definition) is 6. The Morgan fingerprint density at radius 2 is 2.19 bits per heavy atom. The molecule has 0 saturated carbocycles. The highest BCUT2D eigenvalue weighted by Crippen LogP contribution is 2.20. The Morgan fingerprint density at radius 1 is 1.48 bits per heavy atom. The third-order valence-corrected chi connectivity index (χ3v) is 3.84. The molecule has 21 heavy (non-hydrogen) atoms. The maximum Gasteiger partial charge on any atom is 0.376 e. The average molecular weight is 292 g/mol. The largest absolute Gasteiger partial charge is 0.463 e. The number of nitrogens with zero attached hydrogens (tertiary/aromatic N) is 3. The Bertz CT molecular complexity index is 472. The van der Waals surface area contributed by atoms with Gasteiger partial charge in [0, 0.05) is 18.8 Å². The van der Waals surface area contributed by atoms with E-state index >= 15 is 0 Å². The monoisotopic (exact) mass is 292 g/mol. The van der Waals surface area contributed by atoms with Crippen molar-refractivity contribution in [2.75, 3.05) is 31.6 Å². The summed E-state index contributed by atoms with van der Waals surface area (Å²) in [5, 5.41) is 3.38. The summed E-state index contributed by atoms with van der Waals surface area (Å²) >= 11 is 0. The molecule has 0 atom stereocenters. The van der Waals surface area contributed by atoms with Crippen molar-refractivity contribution in [2.45, 2.75) is 32.7 Å². The number of nitrogens with one attached hydrogen (secondary N) is 1. The Hall–Kier alpha value is -1.69. The van der Waals surface area contributed by atoms with Crippen LogP contribution in [0.1, 0.15) is 37.3 Å². The molecule has 0 aliphatic carbocycles. The predicted molar refractivity (Wildman–Crippen MR) is 81.4 cm³/mol. The second-order valence-electron chi connectivity index (χ2n) is 5.67. The van der Waals surface area contributed by atoms with Gasteiger partial charge < -0.3 is 15.0 Å². The lowest BCUT2D eigenvalue weighted by Gasteiger charge is -2.33. The van der Waals surface area contributed by atoms with E-state index in [1.807, 2.05) is 6.07 Å². The maximum atomic E-state index is 11.6. The van der Waals surface area contributed by atoms with E-state index in [2.05, 4.69) is 34.0 Å². The smallest absolute Gasteiger partial charge is 0.376 e. The van der Waals surface area contributed by atoms with Gasteiger partial charge in [0.05, 0.1) is 7.11 Å². The molecule has 1 saturated heterocycles. The first kappa shape index (κ1) is 15.7. The molecule has 1 N–H and O–H groups in total. The fourth-order valence-corrected chi connectivity index (χ4v) is 2.61. The normalized spacial score (nSPS) is 16.0. The number of ether oxygens (including phenoxy) is 1. The molecular weight excluding hydrogens is 268 g/mol. The molecule has 2 heterocycles. The zero-order valence-corrected chi connectivity index (χ0v) is 13.0. The highest BCUT2D eigenvalue weighted by atomic mass is 16.5. The summed E-state index contributed by atoms with van der Waals surface area (Å²) in [6, 6.07) is 2.17. The van der Waals surface area contributed by atoms with Crippen molar-refractivity contribution in [3.05, 3.63) is 18.1 Å². The van der Waals surface area contributed by atoms with E-state index < -0.39 is 5.97 Å². The quantitative estimate of drug-likeness (QED) is 0.829. The highest BCUT2D eigenvalue weighted by molar-refractivity contribution is 5.85. The summed E-state index contributed by atoms with van der Waals surface area (Å²) in [5.74, 6) is 1.07. The second-order valence-corrected chi connectivity index (χ2v) is 5.67. The lowest BCUT2D eigenvalue weighted by Crippen LogP contribution is -2.40. The molecule has 0 radical (unpaired) electrons. The van der Waals surface area contributed by atoms with Crippen LogP contribution in [0.2, 0.25) is 0 Å². The van der Waals surface area contributed by atoms with Crippen molar-refractivity contribution in [3.8, 4) is 0 Å². The molecule has 1 aromatic rings. The van der Waals surface area contributed by atoms with Crippen LogP contribution in [0.5, 0.6) is 0 Å². The SMILES string of the molecule is COC(=O)c1nccc(N(CC2CCNCC2)C(C)C)n1. The summed E-state index contributed by atoms with van der Waals surface area (Å²) in [6.07, 6.45) is 3.97. The van der Waals surface area contributed by atoms with Crippen molar-refractivity contribution in [3.63, 3.8) is 0 Å². The summed E-state index contributed by atoms with van der Waals surface area (Å²) in [4.78, 5) is 22.1. The molecule has 0 bridgehead atoms. The summed E-state index contributed by atoms with van der Waals surface area (Å²) < 4.78 is 4.69. The average Bonchev–Trinajstić information content (AvgIpc) is 2.52. The van der Waals surface area contributed by atoms with Gasteiger partial charge in [-0.25, -0.2) is 14.8 Å². The molecule has 1 fully saturated rings. The van der Waals surface area contributed by atoms with Gasteiger partial charge in [-0.1, -0.05) is 0 Å². The van der Waals surface area contributed by atoms with Crippen molar-refractivity contribution in [1.29, 1.82) is 0 Å². The fraction of sp³-hybridized carbons (Fsp3) is 0.667. The van der Waals surface area contributed by atoms with Gasteiger partial charge in [0.15, 0.2) is 0 Å². The van der Waals surface area contributed by atoms with Gasteiger partial charge in [0.1, 0.15) is 5.82 Å². The van der Waals surface area contributed by atoms with E-state index in [-0.39, 0.29) is 5.82 Å². The van der Waals surface area contributed by atoms with Crippen LogP contribution in [0.25, 0.3) is 0 Å². The number of rotatable bonds is 5. The summed E-state index contributed by atoms with van der Waals surface area (Å²) in [7, 11) is 1.34. The van der Waals surface area contributed by atoms with Crippen LogP contribution in [0.15, 0.2) is 12.3 Å². The fourth-order valence-electron chi connectivity index (χ4n) is 2.61. The van der Waals surface area contributed by atoms with E-state index in [0.717, 1.165) is 25.5 Å². The molecule has 0 amide bonds. The molecule has 1 aromatic heterocycles. The van der Waals surface area contributed by atoms with Crippen molar-refractivity contribution >= 4 is 11.8 Å². The second kappa shape index (κ2) is 7.36. The molecule has 6 nitrogen and oxygen atoms in total. The van der Waals surface area contributed by atoms with Crippen LogP contribution in [-0.2, 0) is 4.74 Å². The Morgan fingerprint density at radius 3 is 2.81 bits per heavy atom. The minimum absolute atomic E-state index is 0.117. The first-order valence-corrected chi connectivity index (χ1v) is 7.50. The number of piperidine rings is 1. The lowest BCUT2D eigenvalue weighted by molar-refractivity contribution is 0.0586. The molecule has 2 rings (SSSR count). The highest BCUT2D eigenvalue weighted by Gasteiger charge is 2.21. The summed E-state index contributed by atoms with van der Waals surface area (Å²) in [5.41, 5.74) is 0. The van der Waals surface area contributed by atoms with Gasteiger partial charge in [-0.15, -0.1) is 0 Å². The number of anilines is 1. The topological polar surface area (TPSA) is 67.3 Å². The summed E-state index contributed by atoms with van der Waals surface area (Å²) in [6.45, 7) is 7.39. The van der Waals surface area contributed by atoms with E-state index in [1.165, 1.54) is 20.0 Å². The number of aromatic nitrogens is 2. The van der Waals surface area contributed by atoms with Crippen LogP contribution in [0, 0.1) is 5.92 Å². The number of carbonyl (C=O) groups excluding carboxylic acids is 1. The maximum absolute atomic E-state index is 11.6. The lowest BCUT2D eigenvalue weighted by atomic mass is 9.97. The van der Waals surface area contributed by atoms with Crippen LogP contribution < -0.4 is 10.2 Å². The number of hydrogen-bond donors (Lipinski definition) is 1. The van der Waals surface area contributed by atoms with Gasteiger partial charge in [0.25, 0.3) is 0 Å². The number of esters is 1. The van der Waals surface area contributed by atoms with Gasteiger partial charge in [-0.05, 0) is 51.8 Å². The van der Waals surface area contributed by atoms with Crippen LogP contribution in [-0.4, -0.2) is 48.7 Å². The zero-order valence-electron chi connectivity index (χ0n) is 13.0. The van der Waals surface area contributed by atoms with E-state index in [9.17, 15) is 4.79 Å². The minimum Gasteiger partial charge on any atom is -0.463 e. The Labute approximate surface area is 125 Å². The standard InChI is InChI=1S/C15H24N4O2/c1-11(2)19(10-12-4-7-16-8-5-12)13-6-9-17-14(18-13)15(20)21-3/h6,9,11-12,16H,4-5,7-8,10H2,1-3H3. The molecule has 116 valence electrons. The predicted octanol–water partition coefficient (Wildman–Crippen LogP) is 1.48. The van der Waals surface area contributed by atoms with Gasteiger partial charge in [-0.2, -0.15) is 0 Å². The van der Waals surface area contributed by atoms with Crippen LogP contribution in [0.4, 0.5) is 5.82 Å². The van der Waals surface area contributed by atoms with Crippen molar-refractivity contribution in [2.24, 2.45) is 5.92 Å². The molecule has 0 unspecified atom stereocenters. The Kier molecular flexibility index (Phi) is 5.50. The first-order chi connectivity index (χ1) is 10.1. The van der Waals surface area contributed by atoms with Crippen molar-refractivity contribution in [1.82, 2.24) is 15.3 Å². The molecule has 0 aromatic carbocycles. The number of methoxy groups -OCH3 is 1. The van der Waals surface area contributed by atoms with Crippen LogP contribution in [0.3, 0.4) is 0 Å². The zero-order chi connectivity index (χ0) is 15.2. The van der Waals surface area contributed by atoms with Gasteiger partial charge in [0.2, 0.25) is 5.82 Å². The van der Waals surface area contributed by atoms with Crippen LogP contribution >= 0.6 is 0 Å². The first-order valence-electron chi connectivity index (χ1n) is 7.50. The Balaban J connectivity index is 2.15. The van der Waals surface area contributed by atoms with E-state index in [0.29, 0.717) is 12.0 Å². The molecular formula is C15H24N4O2. The third-order valence-electron chi connectivity index (χ3n) is 3.84. The van der Waals surface area contributed by atoms with Gasteiger partial charge >= 0.3 is 5.97 Å². The van der Waals surface area contributed by atoms with E-state index in [1.54, 1.807) is 6.20 Å². The molecule has 6 heteroatoms. The molecule has 1 aliphatic rings. The molecule has 1 aliphatic heterocycles. The molecule has 0 spiro atoms. The minimum atomic E-state index is -0.498. The van der Waals surface area contributed by atoms with E-state index in [4.69, 9.17) is 4.74 Å².